The summed E-state index contributed by atoms with van der Waals surface area (Å²) in [4.78, 5) is 10.9. The summed E-state index contributed by atoms with van der Waals surface area (Å²) in [6.45, 7) is 7.17. The first-order chi connectivity index (χ1) is 7.74. The lowest BCUT2D eigenvalue weighted by Crippen LogP contribution is -2.30. The maximum atomic E-state index is 10.9. The van der Waals surface area contributed by atoms with Crippen LogP contribution < -0.4 is 4.74 Å². The second-order valence-corrected chi connectivity index (χ2v) is 5.23. The molecule has 0 saturated heterocycles. The zero-order chi connectivity index (χ0) is 13.2. The predicted octanol–water partition coefficient (Wildman–Crippen LogP) is 3.45. The lowest BCUT2D eigenvalue weighted by atomic mass is 9.95. The van der Waals surface area contributed by atoms with E-state index in [9.17, 15) is 4.79 Å². The van der Waals surface area contributed by atoms with E-state index in [2.05, 4.69) is 0 Å². The van der Waals surface area contributed by atoms with Crippen LogP contribution in [0, 0.1) is 19.3 Å². The van der Waals surface area contributed by atoms with Crippen LogP contribution in [-0.2, 0) is 4.79 Å². The van der Waals surface area contributed by atoms with E-state index in [1.165, 1.54) is 0 Å². The van der Waals surface area contributed by atoms with E-state index in [-0.39, 0.29) is 6.61 Å². The summed E-state index contributed by atoms with van der Waals surface area (Å²) in [5, 5.41) is 9.69. The van der Waals surface area contributed by atoms with Crippen molar-refractivity contribution in [2.24, 2.45) is 5.41 Å². The molecule has 0 aliphatic heterocycles. The maximum absolute atomic E-state index is 10.9. The Morgan fingerprint density at radius 1 is 1.35 bits per heavy atom. The van der Waals surface area contributed by atoms with Crippen molar-refractivity contribution in [3.63, 3.8) is 0 Å². The minimum absolute atomic E-state index is 0.128. The Bertz CT molecular complexity index is 415. The molecule has 1 rings (SSSR count). The third-order valence-corrected chi connectivity index (χ3v) is 3.18. The molecule has 0 amide bonds. The molecule has 17 heavy (non-hydrogen) atoms. The number of ether oxygens (including phenoxy) is 1. The van der Waals surface area contributed by atoms with Crippen LogP contribution in [0.5, 0.6) is 5.75 Å². The number of carboxylic acids is 1. The number of halogens is 1. The van der Waals surface area contributed by atoms with Crippen LogP contribution in [0.2, 0.25) is 5.02 Å². The molecule has 3 nitrogen and oxygen atoms in total. The molecule has 0 bridgehead atoms. The van der Waals surface area contributed by atoms with Gasteiger partial charge < -0.3 is 9.84 Å². The van der Waals surface area contributed by atoms with Crippen molar-refractivity contribution < 1.29 is 14.6 Å². The molecular weight excluding hydrogens is 240 g/mol. The molecule has 0 heterocycles. The van der Waals surface area contributed by atoms with Gasteiger partial charge in [-0.15, -0.1) is 0 Å². The molecule has 0 aromatic heterocycles. The van der Waals surface area contributed by atoms with E-state index in [1.54, 1.807) is 13.8 Å². The van der Waals surface area contributed by atoms with Gasteiger partial charge in [0.2, 0.25) is 0 Å². The first-order valence-electron chi connectivity index (χ1n) is 5.37. The monoisotopic (exact) mass is 256 g/mol. The number of rotatable bonds is 4. The Kier molecular flexibility index (Phi) is 4.04. The topological polar surface area (TPSA) is 46.5 Å². The SMILES string of the molecule is Cc1cc(OCC(C)(C)C(=O)O)cc(C)c1Cl. The molecule has 1 aromatic rings. The van der Waals surface area contributed by atoms with Crippen molar-refractivity contribution in [3.8, 4) is 5.75 Å². The fourth-order valence-electron chi connectivity index (χ4n) is 1.31. The molecule has 0 aliphatic carbocycles. The van der Waals surface area contributed by atoms with Crippen LogP contribution >= 0.6 is 11.6 Å². The van der Waals surface area contributed by atoms with Gasteiger partial charge in [-0.05, 0) is 51.0 Å². The molecule has 0 spiro atoms. The van der Waals surface area contributed by atoms with Gasteiger partial charge in [-0.25, -0.2) is 0 Å². The first-order valence-corrected chi connectivity index (χ1v) is 5.75. The molecule has 1 N–H and O–H groups in total. The smallest absolute Gasteiger partial charge is 0.312 e. The molecule has 94 valence electrons. The number of aliphatic carboxylic acids is 1. The molecule has 0 radical (unpaired) electrons. The number of carbonyl (C=O) groups is 1. The van der Waals surface area contributed by atoms with E-state index in [4.69, 9.17) is 21.4 Å². The molecular formula is C13H17ClO3. The fraction of sp³-hybridized carbons (Fsp3) is 0.462. The van der Waals surface area contributed by atoms with Gasteiger partial charge in [-0.2, -0.15) is 0 Å². The molecule has 1 aromatic carbocycles. The van der Waals surface area contributed by atoms with Gasteiger partial charge in [0.25, 0.3) is 0 Å². The highest BCUT2D eigenvalue weighted by Crippen LogP contribution is 2.27. The fourth-order valence-corrected chi connectivity index (χ4v) is 1.42. The number of aryl methyl sites for hydroxylation is 2. The second kappa shape index (κ2) is 4.96. The normalized spacial score (nSPS) is 11.4. The average molecular weight is 257 g/mol. The van der Waals surface area contributed by atoms with Gasteiger partial charge in [0.1, 0.15) is 12.4 Å². The van der Waals surface area contributed by atoms with E-state index in [1.807, 2.05) is 26.0 Å². The van der Waals surface area contributed by atoms with Crippen LogP contribution in [0.15, 0.2) is 12.1 Å². The molecule has 0 unspecified atom stereocenters. The predicted molar refractivity (Wildman–Crippen MR) is 67.8 cm³/mol. The number of hydrogen-bond acceptors (Lipinski definition) is 2. The largest absolute Gasteiger partial charge is 0.492 e. The highest BCUT2D eigenvalue weighted by molar-refractivity contribution is 6.32. The third-order valence-electron chi connectivity index (χ3n) is 2.59. The molecule has 0 fully saturated rings. The van der Waals surface area contributed by atoms with E-state index < -0.39 is 11.4 Å². The molecule has 0 atom stereocenters. The van der Waals surface area contributed by atoms with Gasteiger partial charge in [0.05, 0.1) is 5.41 Å². The van der Waals surface area contributed by atoms with E-state index in [0.717, 1.165) is 16.1 Å². The van der Waals surface area contributed by atoms with Crippen LogP contribution in [0.4, 0.5) is 0 Å². The lowest BCUT2D eigenvalue weighted by Gasteiger charge is -2.20. The highest BCUT2D eigenvalue weighted by Gasteiger charge is 2.28. The minimum atomic E-state index is -0.901. The van der Waals surface area contributed by atoms with Crippen molar-refractivity contribution in [3.05, 3.63) is 28.3 Å². The quantitative estimate of drug-likeness (QED) is 0.898. The lowest BCUT2D eigenvalue weighted by molar-refractivity contribution is -0.148. The summed E-state index contributed by atoms with van der Waals surface area (Å²) in [6, 6.07) is 3.63. The Balaban J connectivity index is 2.81. The second-order valence-electron chi connectivity index (χ2n) is 4.85. The summed E-state index contributed by atoms with van der Waals surface area (Å²) >= 11 is 6.04. The van der Waals surface area contributed by atoms with Gasteiger partial charge in [0, 0.05) is 5.02 Å². The van der Waals surface area contributed by atoms with Crippen molar-refractivity contribution in [2.45, 2.75) is 27.7 Å². The minimum Gasteiger partial charge on any atom is -0.492 e. The first kappa shape index (κ1) is 13.8. The third kappa shape index (κ3) is 3.37. The summed E-state index contributed by atoms with van der Waals surface area (Å²) < 4.78 is 5.51. The standard InChI is InChI=1S/C13H17ClO3/c1-8-5-10(6-9(2)11(8)14)17-7-13(3,4)12(15)16/h5-6H,7H2,1-4H3,(H,15,16). The molecule has 0 aliphatic rings. The number of hydrogen-bond donors (Lipinski definition) is 1. The van der Waals surface area contributed by atoms with Gasteiger partial charge in [0.15, 0.2) is 0 Å². The molecule has 4 heteroatoms. The highest BCUT2D eigenvalue weighted by atomic mass is 35.5. The summed E-state index contributed by atoms with van der Waals surface area (Å²) in [5.41, 5.74) is 0.950. The van der Waals surface area contributed by atoms with E-state index >= 15 is 0 Å². The van der Waals surface area contributed by atoms with Crippen molar-refractivity contribution in [1.82, 2.24) is 0 Å². The van der Waals surface area contributed by atoms with E-state index in [0.29, 0.717) is 5.75 Å². The Morgan fingerprint density at radius 2 is 1.82 bits per heavy atom. The van der Waals surface area contributed by atoms with Crippen LogP contribution in [0.25, 0.3) is 0 Å². The zero-order valence-electron chi connectivity index (χ0n) is 10.5. The summed E-state index contributed by atoms with van der Waals surface area (Å²) in [7, 11) is 0. The van der Waals surface area contributed by atoms with Crippen molar-refractivity contribution in [2.75, 3.05) is 6.61 Å². The van der Waals surface area contributed by atoms with Crippen molar-refractivity contribution in [1.29, 1.82) is 0 Å². The molecule has 0 saturated carbocycles. The van der Waals surface area contributed by atoms with Crippen molar-refractivity contribution >= 4 is 17.6 Å². The number of benzene rings is 1. The van der Waals surface area contributed by atoms with Crippen LogP contribution in [0.3, 0.4) is 0 Å². The van der Waals surface area contributed by atoms with Gasteiger partial charge >= 0.3 is 5.97 Å². The Hall–Kier alpha value is -1.22. The Labute approximate surface area is 106 Å². The zero-order valence-corrected chi connectivity index (χ0v) is 11.3. The van der Waals surface area contributed by atoms with Gasteiger partial charge in [-0.1, -0.05) is 11.6 Å². The summed E-state index contributed by atoms with van der Waals surface area (Å²) in [6.07, 6.45) is 0. The van der Waals surface area contributed by atoms with Gasteiger partial charge in [-0.3, -0.25) is 4.79 Å². The van der Waals surface area contributed by atoms with Crippen LogP contribution in [-0.4, -0.2) is 17.7 Å². The average Bonchev–Trinajstić information content (AvgIpc) is 2.22. The number of carboxylic acid groups (broad SMARTS) is 1. The summed E-state index contributed by atoms with van der Waals surface area (Å²) in [5.74, 6) is -0.223. The van der Waals surface area contributed by atoms with Crippen LogP contribution in [0.1, 0.15) is 25.0 Å². The maximum Gasteiger partial charge on any atom is 0.312 e. The Morgan fingerprint density at radius 3 is 2.24 bits per heavy atom.